The second-order valence-electron chi connectivity index (χ2n) is 4.14. The summed E-state index contributed by atoms with van der Waals surface area (Å²) in [5, 5.41) is 11.1. The van der Waals surface area contributed by atoms with Crippen molar-refractivity contribution in [3.8, 4) is 0 Å². The highest BCUT2D eigenvalue weighted by Gasteiger charge is 2.38. The van der Waals surface area contributed by atoms with Gasteiger partial charge in [-0.2, -0.15) is 0 Å². The van der Waals surface area contributed by atoms with Crippen LogP contribution < -0.4 is 0 Å². The molecule has 94 valence electrons. The van der Waals surface area contributed by atoms with E-state index in [0.717, 1.165) is 0 Å². The van der Waals surface area contributed by atoms with Crippen LogP contribution in [0.2, 0.25) is 5.02 Å². The lowest BCUT2D eigenvalue weighted by atomic mass is 9.81. The molecule has 3 nitrogen and oxygen atoms in total. The number of esters is 1. The Bertz CT molecular complexity index is 384. The molecular formula is C13H17ClO3. The van der Waals surface area contributed by atoms with Gasteiger partial charge in [0.05, 0.1) is 13.0 Å². The zero-order chi connectivity index (χ0) is 13.1. The number of ether oxygens (including phenoxy) is 1. The second-order valence-corrected chi connectivity index (χ2v) is 4.57. The highest BCUT2D eigenvalue weighted by atomic mass is 35.5. The maximum atomic E-state index is 11.6. The summed E-state index contributed by atoms with van der Waals surface area (Å²) in [6.07, 6.45) is 0.502. The van der Waals surface area contributed by atoms with Crippen molar-refractivity contribution < 1.29 is 14.6 Å². The molecule has 0 bridgehead atoms. The third-order valence-corrected chi connectivity index (χ3v) is 3.25. The molecule has 1 rings (SSSR count). The van der Waals surface area contributed by atoms with Crippen LogP contribution in [0.4, 0.5) is 0 Å². The number of carbonyl (C=O) groups is 1. The summed E-state index contributed by atoms with van der Waals surface area (Å²) >= 11 is 5.79. The summed E-state index contributed by atoms with van der Waals surface area (Å²) in [5.74, 6) is -0.999. The molecule has 17 heavy (non-hydrogen) atoms. The third-order valence-electron chi connectivity index (χ3n) is 3.00. The summed E-state index contributed by atoms with van der Waals surface area (Å²) in [6, 6.07) is 6.81. The fraction of sp³-hybridized carbons (Fsp3) is 0.462. The standard InChI is InChI=1S/C13H17ClO3/c1-4-11(12(15)17-3)13(2,16)9-5-7-10(14)8-6-9/h5-8,11,16H,4H2,1-3H3. The molecule has 0 fully saturated rings. The highest BCUT2D eigenvalue weighted by Crippen LogP contribution is 2.32. The van der Waals surface area contributed by atoms with Gasteiger partial charge in [-0.25, -0.2) is 0 Å². The van der Waals surface area contributed by atoms with E-state index < -0.39 is 17.5 Å². The van der Waals surface area contributed by atoms with Crippen molar-refractivity contribution in [3.63, 3.8) is 0 Å². The average Bonchev–Trinajstić information content (AvgIpc) is 2.29. The predicted molar refractivity (Wildman–Crippen MR) is 66.8 cm³/mol. The summed E-state index contributed by atoms with van der Waals surface area (Å²) in [5.41, 5.74) is -0.606. The Kier molecular flexibility index (Phi) is 4.54. The van der Waals surface area contributed by atoms with E-state index in [0.29, 0.717) is 17.0 Å². The van der Waals surface area contributed by atoms with Gasteiger partial charge in [0.25, 0.3) is 0 Å². The number of carbonyl (C=O) groups excluding carboxylic acids is 1. The zero-order valence-corrected chi connectivity index (χ0v) is 11.0. The Balaban J connectivity index is 3.07. The number of halogens is 1. The first-order valence-corrected chi connectivity index (χ1v) is 5.87. The minimum Gasteiger partial charge on any atom is -0.469 e. The molecule has 1 aromatic rings. The van der Waals surface area contributed by atoms with Crippen molar-refractivity contribution in [1.29, 1.82) is 0 Å². The SMILES string of the molecule is CCC(C(=O)OC)C(C)(O)c1ccc(Cl)cc1. The van der Waals surface area contributed by atoms with Crippen LogP contribution in [0.15, 0.2) is 24.3 Å². The number of aliphatic hydroxyl groups is 1. The molecule has 1 N–H and O–H groups in total. The van der Waals surface area contributed by atoms with Gasteiger partial charge in [-0.1, -0.05) is 30.7 Å². The van der Waals surface area contributed by atoms with Crippen molar-refractivity contribution in [2.75, 3.05) is 7.11 Å². The lowest BCUT2D eigenvalue weighted by Gasteiger charge is -2.30. The molecule has 2 atom stereocenters. The Hall–Kier alpha value is -1.06. The number of hydrogen-bond donors (Lipinski definition) is 1. The van der Waals surface area contributed by atoms with Crippen LogP contribution >= 0.6 is 11.6 Å². The summed E-state index contributed by atoms with van der Waals surface area (Å²) < 4.78 is 4.71. The zero-order valence-electron chi connectivity index (χ0n) is 10.2. The lowest BCUT2D eigenvalue weighted by Crippen LogP contribution is -2.37. The Morgan fingerprint density at radius 3 is 2.41 bits per heavy atom. The van der Waals surface area contributed by atoms with Crippen LogP contribution in [0.1, 0.15) is 25.8 Å². The quantitative estimate of drug-likeness (QED) is 0.843. The molecular weight excluding hydrogens is 240 g/mol. The van der Waals surface area contributed by atoms with Crippen LogP contribution in [0.25, 0.3) is 0 Å². The third kappa shape index (κ3) is 2.99. The minimum absolute atomic E-state index is 0.410. The van der Waals surface area contributed by atoms with Gasteiger partial charge in [-0.3, -0.25) is 4.79 Å². The first-order valence-electron chi connectivity index (χ1n) is 5.49. The monoisotopic (exact) mass is 256 g/mol. The molecule has 0 saturated carbocycles. The number of rotatable bonds is 4. The molecule has 2 unspecified atom stereocenters. The number of benzene rings is 1. The van der Waals surface area contributed by atoms with E-state index in [2.05, 4.69) is 0 Å². The fourth-order valence-corrected chi connectivity index (χ4v) is 2.05. The van der Waals surface area contributed by atoms with Gasteiger partial charge < -0.3 is 9.84 Å². The molecule has 0 aliphatic heterocycles. The first-order chi connectivity index (χ1) is 7.93. The van der Waals surface area contributed by atoms with Gasteiger partial charge in [0.1, 0.15) is 5.60 Å². The maximum Gasteiger partial charge on any atom is 0.311 e. The molecule has 0 radical (unpaired) electrons. The van der Waals surface area contributed by atoms with Gasteiger partial charge >= 0.3 is 5.97 Å². The molecule has 0 aliphatic rings. The van der Waals surface area contributed by atoms with Gasteiger partial charge in [0, 0.05) is 5.02 Å². The van der Waals surface area contributed by atoms with E-state index in [1.165, 1.54) is 7.11 Å². The largest absolute Gasteiger partial charge is 0.469 e. The topological polar surface area (TPSA) is 46.5 Å². The van der Waals surface area contributed by atoms with Crippen molar-refractivity contribution in [1.82, 2.24) is 0 Å². The van der Waals surface area contributed by atoms with Crippen LogP contribution in [0, 0.1) is 5.92 Å². The van der Waals surface area contributed by atoms with Gasteiger partial charge in [-0.15, -0.1) is 0 Å². The number of methoxy groups -OCH3 is 1. The molecule has 0 heterocycles. The van der Waals surface area contributed by atoms with Crippen molar-refractivity contribution in [3.05, 3.63) is 34.9 Å². The fourth-order valence-electron chi connectivity index (χ4n) is 1.92. The van der Waals surface area contributed by atoms with Crippen LogP contribution in [0.5, 0.6) is 0 Å². The van der Waals surface area contributed by atoms with Gasteiger partial charge in [0.15, 0.2) is 0 Å². The maximum absolute atomic E-state index is 11.6. The van der Waals surface area contributed by atoms with E-state index in [4.69, 9.17) is 16.3 Å². The van der Waals surface area contributed by atoms with Gasteiger partial charge in [-0.05, 0) is 31.0 Å². The molecule has 4 heteroatoms. The van der Waals surface area contributed by atoms with Crippen LogP contribution in [-0.2, 0) is 15.1 Å². The predicted octanol–water partition coefficient (Wildman–Crippen LogP) is 2.75. The molecule has 0 spiro atoms. The van der Waals surface area contributed by atoms with Crippen molar-refractivity contribution in [2.24, 2.45) is 5.92 Å². The van der Waals surface area contributed by atoms with E-state index >= 15 is 0 Å². The summed E-state index contributed by atoms with van der Waals surface area (Å²) in [6.45, 7) is 3.45. The van der Waals surface area contributed by atoms with E-state index in [9.17, 15) is 9.90 Å². The average molecular weight is 257 g/mol. The first kappa shape index (κ1) is 14.0. The van der Waals surface area contributed by atoms with Crippen LogP contribution in [-0.4, -0.2) is 18.2 Å². The van der Waals surface area contributed by atoms with Crippen LogP contribution in [0.3, 0.4) is 0 Å². The molecule has 0 saturated heterocycles. The van der Waals surface area contributed by atoms with E-state index in [-0.39, 0.29) is 0 Å². The molecule has 0 amide bonds. The summed E-state index contributed by atoms with van der Waals surface area (Å²) in [4.78, 5) is 11.6. The lowest BCUT2D eigenvalue weighted by molar-refractivity contribution is -0.155. The van der Waals surface area contributed by atoms with E-state index in [1.54, 1.807) is 31.2 Å². The number of hydrogen-bond acceptors (Lipinski definition) is 3. The Morgan fingerprint density at radius 1 is 1.47 bits per heavy atom. The van der Waals surface area contributed by atoms with Crippen molar-refractivity contribution in [2.45, 2.75) is 25.9 Å². The summed E-state index contributed by atoms with van der Waals surface area (Å²) in [7, 11) is 1.32. The van der Waals surface area contributed by atoms with Crippen molar-refractivity contribution >= 4 is 17.6 Å². The minimum atomic E-state index is -1.26. The Labute approximate surface area is 106 Å². The Morgan fingerprint density at radius 2 is 2.00 bits per heavy atom. The van der Waals surface area contributed by atoms with E-state index in [1.807, 2.05) is 6.92 Å². The molecule has 0 aromatic heterocycles. The smallest absolute Gasteiger partial charge is 0.311 e. The second kappa shape index (κ2) is 5.52. The molecule has 1 aromatic carbocycles. The molecule has 0 aliphatic carbocycles. The highest BCUT2D eigenvalue weighted by molar-refractivity contribution is 6.30. The normalized spacial score (nSPS) is 16.1. The van der Waals surface area contributed by atoms with Gasteiger partial charge in [0.2, 0.25) is 0 Å².